The van der Waals surface area contributed by atoms with Crippen LogP contribution in [-0.2, 0) is 28.8 Å². The van der Waals surface area contributed by atoms with Crippen molar-refractivity contribution >= 4 is 35.5 Å². The van der Waals surface area contributed by atoms with Gasteiger partial charge in [0, 0.05) is 13.0 Å². The van der Waals surface area contributed by atoms with E-state index in [-0.39, 0.29) is 31.7 Å². The number of nitrogens with zero attached hydrogens (tertiary/aromatic N) is 1. The molecular formula is C20H34N6O7. The van der Waals surface area contributed by atoms with Crippen LogP contribution in [0.1, 0.15) is 52.4 Å². The Bertz CT molecular complexity index is 774. The van der Waals surface area contributed by atoms with Crippen LogP contribution in [0.5, 0.6) is 0 Å². The first-order valence-corrected chi connectivity index (χ1v) is 10.8. The minimum absolute atomic E-state index is 0.0859. The zero-order valence-corrected chi connectivity index (χ0v) is 18.9. The van der Waals surface area contributed by atoms with Crippen molar-refractivity contribution in [2.75, 3.05) is 6.54 Å². The SMILES string of the molecule is CCC(C)C(N)C(=O)NC(CCC(N)=O)C(=O)N1CCCC1C(=O)NC(CC(N)=O)C(=O)O. The van der Waals surface area contributed by atoms with Gasteiger partial charge in [-0.2, -0.15) is 0 Å². The van der Waals surface area contributed by atoms with Crippen LogP contribution in [0.15, 0.2) is 0 Å². The van der Waals surface area contributed by atoms with E-state index in [4.69, 9.17) is 17.2 Å². The summed E-state index contributed by atoms with van der Waals surface area (Å²) >= 11 is 0. The number of likely N-dealkylation sites (tertiary alicyclic amines) is 1. The Morgan fingerprint density at radius 3 is 2.21 bits per heavy atom. The van der Waals surface area contributed by atoms with E-state index < -0.39 is 66.1 Å². The molecule has 1 rings (SSSR count). The van der Waals surface area contributed by atoms with Gasteiger partial charge in [-0.3, -0.25) is 24.0 Å². The minimum atomic E-state index is -1.54. The van der Waals surface area contributed by atoms with Crippen LogP contribution in [0.25, 0.3) is 0 Å². The highest BCUT2D eigenvalue weighted by Crippen LogP contribution is 2.20. The standard InChI is InChI=1S/C20H34N6O7/c1-3-10(2)16(23)18(30)24-11(6-7-14(21)27)19(31)26-8-4-5-13(26)17(29)25-12(20(32)33)9-15(22)28/h10-13,16H,3-9,23H2,1-2H3,(H2,21,27)(H2,22,28)(H,24,30)(H,25,29)(H,32,33). The van der Waals surface area contributed by atoms with Crippen molar-refractivity contribution in [2.24, 2.45) is 23.1 Å². The molecular weight excluding hydrogens is 436 g/mol. The molecule has 0 aromatic carbocycles. The highest BCUT2D eigenvalue weighted by atomic mass is 16.4. The summed E-state index contributed by atoms with van der Waals surface area (Å²) < 4.78 is 0. The highest BCUT2D eigenvalue weighted by molar-refractivity contribution is 5.95. The van der Waals surface area contributed by atoms with Crippen molar-refractivity contribution in [3.8, 4) is 0 Å². The fourth-order valence-electron chi connectivity index (χ4n) is 3.50. The first kappa shape index (κ1) is 27.8. The average molecular weight is 471 g/mol. The molecule has 9 N–H and O–H groups in total. The molecule has 0 aromatic rings. The Labute approximate surface area is 191 Å². The molecule has 13 nitrogen and oxygen atoms in total. The number of aliphatic carboxylic acids is 1. The van der Waals surface area contributed by atoms with Crippen LogP contribution in [0.4, 0.5) is 0 Å². The summed E-state index contributed by atoms with van der Waals surface area (Å²) in [6.07, 6.45) is 0.478. The largest absolute Gasteiger partial charge is 0.480 e. The molecule has 5 amide bonds. The summed E-state index contributed by atoms with van der Waals surface area (Å²) in [5, 5.41) is 14.0. The summed E-state index contributed by atoms with van der Waals surface area (Å²) in [5.41, 5.74) is 16.2. The maximum atomic E-state index is 13.2. The van der Waals surface area contributed by atoms with Gasteiger partial charge in [0.05, 0.1) is 12.5 Å². The lowest BCUT2D eigenvalue weighted by atomic mass is 9.98. The van der Waals surface area contributed by atoms with Crippen LogP contribution in [-0.4, -0.2) is 76.2 Å². The highest BCUT2D eigenvalue weighted by Gasteiger charge is 2.39. The fraction of sp³-hybridized carbons (Fsp3) is 0.700. The van der Waals surface area contributed by atoms with Gasteiger partial charge in [0.1, 0.15) is 18.1 Å². The van der Waals surface area contributed by atoms with Crippen molar-refractivity contribution < 1.29 is 33.9 Å². The summed E-state index contributed by atoms with van der Waals surface area (Å²) in [5.74, 6) is -5.11. The molecule has 0 aliphatic carbocycles. The van der Waals surface area contributed by atoms with Crippen molar-refractivity contribution in [1.82, 2.24) is 15.5 Å². The van der Waals surface area contributed by atoms with Gasteiger partial charge < -0.3 is 37.8 Å². The lowest BCUT2D eigenvalue weighted by Crippen LogP contribution is -2.57. The normalized spacial score (nSPS) is 19.1. The number of carboxylic acids is 1. The Morgan fingerprint density at radius 1 is 1.06 bits per heavy atom. The third kappa shape index (κ3) is 8.33. The number of carboxylic acid groups (broad SMARTS) is 1. The van der Waals surface area contributed by atoms with Gasteiger partial charge in [-0.05, 0) is 25.2 Å². The smallest absolute Gasteiger partial charge is 0.326 e. The van der Waals surface area contributed by atoms with Crippen molar-refractivity contribution in [3.05, 3.63) is 0 Å². The molecule has 1 aliphatic heterocycles. The maximum absolute atomic E-state index is 13.2. The first-order valence-electron chi connectivity index (χ1n) is 10.8. The number of hydrogen-bond donors (Lipinski definition) is 6. The second kappa shape index (κ2) is 12.7. The predicted octanol–water partition coefficient (Wildman–Crippen LogP) is -2.45. The third-order valence-corrected chi connectivity index (χ3v) is 5.71. The number of nitrogens with two attached hydrogens (primary N) is 3. The van der Waals surface area contributed by atoms with E-state index in [1.54, 1.807) is 6.92 Å². The number of carbonyl (C=O) groups is 6. The van der Waals surface area contributed by atoms with E-state index in [0.29, 0.717) is 12.8 Å². The van der Waals surface area contributed by atoms with Crippen molar-refractivity contribution in [2.45, 2.75) is 76.5 Å². The van der Waals surface area contributed by atoms with Crippen LogP contribution in [0.2, 0.25) is 0 Å². The van der Waals surface area contributed by atoms with Gasteiger partial charge in [-0.15, -0.1) is 0 Å². The number of nitrogens with one attached hydrogen (secondary N) is 2. The molecule has 186 valence electrons. The minimum Gasteiger partial charge on any atom is -0.480 e. The topological polar surface area (TPSA) is 228 Å². The molecule has 5 atom stereocenters. The van der Waals surface area contributed by atoms with E-state index in [1.807, 2.05) is 6.92 Å². The first-order chi connectivity index (χ1) is 15.4. The molecule has 1 aliphatic rings. The van der Waals surface area contributed by atoms with Crippen molar-refractivity contribution in [1.29, 1.82) is 0 Å². The van der Waals surface area contributed by atoms with Gasteiger partial charge in [0.25, 0.3) is 0 Å². The quantitative estimate of drug-likeness (QED) is 0.169. The molecule has 1 saturated heterocycles. The van der Waals surface area contributed by atoms with Gasteiger partial charge in [-0.1, -0.05) is 20.3 Å². The van der Waals surface area contributed by atoms with Gasteiger partial charge >= 0.3 is 5.97 Å². The fourth-order valence-corrected chi connectivity index (χ4v) is 3.50. The van der Waals surface area contributed by atoms with E-state index in [9.17, 15) is 33.9 Å². The predicted molar refractivity (Wildman–Crippen MR) is 116 cm³/mol. The number of amides is 5. The second-order valence-corrected chi connectivity index (χ2v) is 8.24. The molecule has 0 bridgehead atoms. The number of hydrogen-bond acceptors (Lipinski definition) is 7. The number of carbonyl (C=O) groups excluding carboxylic acids is 5. The second-order valence-electron chi connectivity index (χ2n) is 8.24. The molecule has 0 aromatic heterocycles. The summed E-state index contributed by atoms with van der Waals surface area (Å²) in [6.45, 7) is 3.84. The lowest BCUT2D eigenvalue weighted by molar-refractivity contribution is -0.146. The van der Waals surface area contributed by atoms with Crippen LogP contribution < -0.4 is 27.8 Å². The van der Waals surface area contributed by atoms with E-state index in [0.717, 1.165) is 0 Å². The zero-order valence-electron chi connectivity index (χ0n) is 18.9. The maximum Gasteiger partial charge on any atom is 0.326 e. The number of rotatable bonds is 13. The van der Waals surface area contributed by atoms with E-state index >= 15 is 0 Å². The molecule has 13 heteroatoms. The summed E-state index contributed by atoms with van der Waals surface area (Å²) in [4.78, 5) is 73.4. The van der Waals surface area contributed by atoms with E-state index in [1.165, 1.54) is 4.90 Å². The van der Waals surface area contributed by atoms with Crippen LogP contribution >= 0.6 is 0 Å². The molecule has 0 saturated carbocycles. The lowest BCUT2D eigenvalue weighted by Gasteiger charge is -2.30. The molecule has 5 unspecified atom stereocenters. The number of primary amides is 2. The molecule has 1 fully saturated rings. The summed E-state index contributed by atoms with van der Waals surface area (Å²) in [7, 11) is 0. The van der Waals surface area contributed by atoms with Crippen LogP contribution in [0, 0.1) is 5.92 Å². The molecule has 1 heterocycles. The third-order valence-electron chi connectivity index (χ3n) is 5.71. The Hall–Kier alpha value is -3.22. The monoisotopic (exact) mass is 470 g/mol. The Morgan fingerprint density at radius 2 is 1.70 bits per heavy atom. The van der Waals surface area contributed by atoms with Gasteiger partial charge in [0.15, 0.2) is 0 Å². The van der Waals surface area contributed by atoms with Crippen LogP contribution in [0.3, 0.4) is 0 Å². The van der Waals surface area contributed by atoms with E-state index in [2.05, 4.69) is 10.6 Å². The van der Waals surface area contributed by atoms with Gasteiger partial charge in [0.2, 0.25) is 29.5 Å². The molecule has 33 heavy (non-hydrogen) atoms. The van der Waals surface area contributed by atoms with Crippen molar-refractivity contribution in [3.63, 3.8) is 0 Å². The average Bonchev–Trinajstić information content (AvgIpc) is 3.23. The zero-order chi connectivity index (χ0) is 25.3. The Kier molecular flexibility index (Phi) is 10.7. The Balaban J connectivity index is 3.00. The molecule has 0 radical (unpaired) electrons. The summed E-state index contributed by atoms with van der Waals surface area (Å²) in [6, 6.07) is -4.56. The van der Waals surface area contributed by atoms with Gasteiger partial charge in [-0.25, -0.2) is 4.79 Å². The molecule has 0 spiro atoms.